The molecular weight excluding hydrogens is 126 g/mol. The monoisotopic (exact) mass is 133 g/mol. The highest BCUT2D eigenvalue weighted by molar-refractivity contribution is 8.14. The van der Waals surface area contributed by atoms with Crippen molar-refractivity contribution in [3.63, 3.8) is 0 Å². The molecule has 0 aromatic rings. The van der Waals surface area contributed by atoms with Crippen molar-refractivity contribution >= 4 is 16.8 Å². The summed E-state index contributed by atoms with van der Waals surface area (Å²) >= 11 is 1.54. The van der Waals surface area contributed by atoms with Gasteiger partial charge in [-0.25, -0.2) is 0 Å². The summed E-state index contributed by atoms with van der Waals surface area (Å²) < 4.78 is 4.96. The molecule has 0 aromatic carbocycles. The predicted molar refractivity (Wildman–Crippen MR) is 32.5 cm³/mol. The maximum atomic E-state index is 8.18. The number of nitrogens with zero attached hydrogens (tertiary/aromatic N) is 1. The average Bonchev–Trinajstić information content (AvgIpc) is 1.90. The summed E-state index contributed by atoms with van der Waals surface area (Å²) in [5.74, 6) is 0.902. The van der Waals surface area contributed by atoms with Crippen molar-refractivity contribution in [3.05, 3.63) is 0 Å². The van der Waals surface area contributed by atoms with E-state index in [1.54, 1.807) is 0 Å². The van der Waals surface area contributed by atoms with Crippen LogP contribution in [0.4, 0.5) is 0 Å². The van der Waals surface area contributed by atoms with Crippen LogP contribution < -0.4 is 0 Å². The molecule has 3 nitrogen and oxygen atoms in total. The highest BCUT2D eigenvalue weighted by Gasteiger charge is 2.06. The number of thioether (sulfide) groups is 1. The molecule has 1 aliphatic heterocycles. The van der Waals surface area contributed by atoms with Crippen LogP contribution in [0.5, 0.6) is 0 Å². The zero-order valence-electron chi connectivity index (χ0n) is 4.33. The first-order valence-electron chi connectivity index (χ1n) is 2.35. The molecule has 46 valence electrons. The molecule has 0 amide bonds. The molecule has 0 bridgehead atoms. The molecule has 0 radical (unpaired) electrons. The van der Waals surface area contributed by atoms with E-state index in [4.69, 9.17) is 9.94 Å². The summed E-state index contributed by atoms with van der Waals surface area (Å²) in [4.78, 5) is 0. The quantitative estimate of drug-likeness (QED) is 0.387. The topological polar surface area (TPSA) is 41.8 Å². The molecule has 1 N–H and O–H groups in total. The van der Waals surface area contributed by atoms with E-state index in [-0.39, 0.29) is 0 Å². The van der Waals surface area contributed by atoms with Crippen molar-refractivity contribution < 1.29 is 9.94 Å². The van der Waals surface area contributed by atoms with Crippen molar-refractivity contribution in [3.8, 4) is 0 Å². The third-order valence-corrected chi connectivity index (χ3v) is 1.74. The maximum Gasteiger partial charge on any atom is 0.138 e. The Bertz CT molecular complexity index is 96.2. The smallest absolute Gasteiger partial charge is 0.138 e. The van der Waals surface area contributed by atoms with Gasteiger partial charge in [-0.15, -0.1) is 11.8 Å². The van der Waals surface area contributed by atoms with Gasteiger partial charge in [0.05, 0.1) is 13.2 Å². The molecule has 0 unspecified atom stereocenters. The maximum absolute atomic E-state index is 8.18. The van der Waals surface area contributed by atoms with Crippen LogP contribution >= 0.6 is 11.8 Å². The number of hydrogen-bond acceptors (Lipinski definition) is 4. The van der Waals surface area contributed by atoms with Crippen LogP contribution in [0.3, 0.4) is 0 Å². The fourth-order valence-electron chi connectivity index (χ4n) is 0.477. The summed E-state index contributed by atoms with van der Waals surface area (Å²) in [6, 6.07) is 0. The minimum Gasteiger partial charge on any atom is -0.410 e. The van der Waals surface area contributed by atoms with E-state index < -0.39 is 0 Å². The first-order valence-corrected chi connectivity index (χ1v) is 3.33. The van der Waals surface area contributed by atoms with Gasteiger partial charge in [-0.05, 0) is 0 Å². The van der Waals surface area contributed by atoms with Crippen LogP contribution in [0.2, 0.25) is 0 Å². The van der Waals surface area contributed by atoms with Gasteiger partial charge in [0.2, 0.25) is 0 Å². The van der Waals surface area contributed by atoms with Gasteiger partial charge < -0.3 is 9.94 Å². The number of rotatable bonds is 0. The molecule has 1 aliphatic rings. The normalized spacial score (nSPS) is 26.2. The molecule has 0 spiro atoms. The highest BCUT2D eigenvalue weighted by atomic mass is 32.2. The van der Waals surface area contributed by atoms with Crippen LogP contribution in [-0.2, 0) is 4.74 Å². The molecule has 8 heavy (non-hydrogen) atoms. The van der Waals surface area contributed by atoms with E-state index in [9.17, 15) is 0 Å². The van der Waals surface area contributed by atoms with Gasteiger partial charge in [0, 0.05) is 5.75 Å². The minimum atomic E-state index is 0.473. The zero-order valence-corrected chi connectivity index (χ0v) is 5.15. The lowest BCUT2D eigenvalue weighted by Crippen LogP contribution is -2.14. The SMILES string of the molecule is ON=C1COCCS1. The van der Waals surface area contributed by atoms with Crippen molar-refractivity contribution in [2.24, 2.45) is 5.16 Å². The van der Waals surface area contributed by atoms with Crippen LogP contribution in [-0.4, -0.2) is 29.2 Å². The van der Waals surface area contributed by atoms with Gasteiger partial charge in [0.25, 0.3) is 0 Å². The Morgan fingerprint density at radius 1 is 1.75 bits per heavy atom. The fraction of sp³-hybridized carbons (Fsp3) is 0.750. The third-order valence-electron chi connectivity index (χ3n) is 0.833. The second kappa shape index (κ2) is 2.94. The summed E-state index contributed by atoms with van der Waals surface area (Å²) in [6.45, 7) is 1.24. The van der Waals surface area contributed by atoms with Gasteiger partial charge in [0.1, 0.15) is 5.04 Å². The Balaban J connectivity index is 2.33. The Hall–Kier alpha value is -0.220. The molecule has 4 heteroatoms. The van der Waals surface area contributed by atoms with Crippen molar-refractivity contribution in [1.29, 1.82) is 0 Å². The summed E-state index contributed by atoms with van der Waals surface area (Å²) in [5, 5.41) is 11.9. The average molecular weight is 133 g/mol. The van der Waals surface area contributed by atoms with E-state index in [2.05, 4.69) is 5.16 Å². The lowest BCUT2D eigenvalue weighted by atomic mass is 10.7. The molecular formula is C4H7NO2S. The van der Waals surface area contributed by atoms with E-state index >= 15 is 0 Å². The molecule has 0 aromatic heterocycles. The Morgan fingerprint density at radius 3 is 3.00 bits per heavy atom. The first-order chi connectivity index (χ1) is 3.93. The number of oxime groups is 1. The summed E-state index contributed by atoms with van der Waals surface area (Å²) in [5.41, 5.74) is 0. The highest BCUT2D eigenvalue weighted by Crippen LogP contribution is 2.08. The standard InChI is InChI=1S/C4H7NO2S/c6-5-4-3-7-1-2-8-4/h6H,1-3H2. The van der Waals surface area contributed by atoms with Crippen molar-refractivity contribution in [2.45, 2.75) is 0 Å². The number of hydrogen-bond donors (Lipinski definition) is 1. The lowest BCUT2D eigenvalue weighted by molar-refractivity contribution is 0.185. The number of ether oxygens (including phenoxy) is 1. The van der Waals surface area contributed by atoms with E-state index in [1.807, 2.05) is 0 Å². The Labute approximate surface area is 51.7 Å². The molecule has 0 saturated carbocycles. The van der Waals surface area contributed by atoms with Gasteiger partial charge in [-0.1, -0.05) is 5.16 Å². The van der Waals surface area contributed by atoms with Crippen molar-refractivity contribution in [1.82, 2.24) is 0 Å². The predicted octanol–water partition coefficient (Wildman–Crippen LogP) is 0.538. The lowest BCUT2D eigenvalue weighted by Gasteiger charge is -2.09. The molecule has 0 aliphatic carbocycles. The van der Waals surface area contributed by atoms with Crippen LogP contribution in [0.15, 0.2) is 5.16 Å². The Morgan fingerprint density at radius 2 is 2.62 bits per heavy atom. The largest absolute Gasteiger partial charge is 0.410 e. The van der Waals surface area contributed by atoms with Crippen LogP contribution in [0.1, 0.15) is 0 Å². The zero-order chi connectivity index (χ0) is 5.82. The second-order valence-electron chi connectivity index (χ2n) is 1.39. The summed E-state index contributed by atoms with van der Waals surface area (Å²) in [6.07, 6.45) is 0. The first kappa shape index (κ1) is 5.91. The van der Waals surface area contributed by atoms with Crippen LogP contribution in [0, 0.1) is 0 Å². The fourth-order valence-corrected chi connectivity index (χ4v) is 1.14. The van der Waals surface area contributed by atoms with Gasteiger partial charge >= 0.3 is 0 Å². The van der Waals surface area contributed by atoms with E-state index in [1.165, 1.54) is 11.8 Å². The molecule has 1 rings (SSSR count). The van der Waals surface area contributed by atoms with Gasteiger partial charge in [-0.2, -0.15) is 0 Å². The van der Waals surface area contributed by atoms with Gasteiger partial charge in [-0.3, -0.25) is 0 Å². The van der Waals surface area contributed by atoms with Crippen molar-refractivity contribution in [2.75, 3.05) is 19.0 Å². The second-order valence-corrected chi connectivity index (χ2v) is 2.56. The minimum absolute atomic E-state index is 0.473. The molecule has 1 saturated heterocycles. The molecule has 0 atom stereocenters. The third kappa shape index (κ3) is 1.38. The van der Waals surface area contributed by atoms with E-state index in [0.717, 1.165) is 12.4 Å². The Kier molecular flexibility index (Phi) is 2.17. The molecule has 1 heterocycles. The molecule has 1 fully saturated rings. The summed E-state index contributed by atoms with van der Waals surface area (Å²) in [7, 11) is 0. The van der Waals surface area contributed by atoms with Gasteiger partial charge in [0.15, 0.2) is 0 Å². The van der Waals surface area contributed by atoms with Crippen LogP contribution in [0.25, 0.3) is 0 Å². The van der Waals surface area contributed by atoms with E-state index in [0.29, 0.717) is 11.7 Å².